The normalized spacial score (nSPS) is 37.4. The molecule has 0 amide bonds. The first-order valence-electron chi connectivity index (χ1n) is 6.21. The summed E-state index contributed by atoms with van der Waals surface area (Å²) >= 11 is 2.08. The molecule has 15 heavy (non-hydrogen) atoms. The Kier molecular flexibility index (Phi) is 4.35. The molecular weight excluding hydrogens is 206 g/mol. The summed E-state index contributed by atoms with van der Waals surface area (Å²) in [6.45, 7) is 5.47. The van der Waals surface area contributed by atoms with Gasteiger partial charge in [0.25, 0.3) is 0 Å². The summed E-state index contributed by atoms with van der Waals surface area (Å²) in [5.74, 6) is 3.31. The zero-order valence-corrected chi connectivity index (χ0v) is 10.7. The highest BCUT2D eigenvalue weighted by Gasteiger charge is 2.27. The first-order chi connectivity index (χ1) is 7.25. The number of hydrogen-bond acceptors (Lipinski definition) is 3. The van der Waals surface area contributed by atoms with Gasteiger partial charge in [0.05, 0.1) is 6.10 Å². The van der Waals surface area contributed by atoms with Gasteiger partial charge in [-0.25, -0.2) is 0 Å². The van der Waals surface area contributed by atoms with Crippen molar-refractivity contribution in [2.45, 2.75) is 51.3 Å². The molecule has 2 saturated heterocycles. The Labute approximate surface area is 97.5 Å². The van der Waals surface area contributed by atoms with Gasteiger partial charge >= 0.3 is 0 Å². The third-order valence-corrected chi connectivity index (χ3v) is 4.62. The van der Waals surface area contributed by atoms with E-state index in [1.165, 1.54) is 30.8 Å². The minimum Gasteiger partial charge on any atom is -0.378 e. The van der Waals surface area contributed by atoms with Crippen LogP contribution < -0.4 is 5.32 Å². The standard InChI is InChI=1S/C12H23NOS/c1-9(2)12-7-10(3-5-14-12)13-11-4-6-15-8-11/h9-13H,3-8H2,1-2H3. The lowest BCUT2D eigenvalue weighted by Gasteiger charge is -2.33. The van der Waals surface area contributed by atoms with Crippen LogP contribution in [0.3, 0.4) is 0 Å². The molecule has 0 aromatic carbocycles. The van der Waals surface area contributed by atoms with Gasteiger partial charge < -0.3 is 10.1 Å². The highest BCUT2D eigenvalue weighted by atomic mass is 32.2. The largest absolute Gasteiger partial charge is 0.378 e. The molecule has 3 unspecified atom stereocenters. The van der Waals surface area contributed by atoms with Crippen LogP contribution in [-0.4, -0.2) is 36.3 Å². The molecule has 1 N–H and O–H groups in total. The van der Waals surface area contributed by atoms with Crippen molar-refractivity contribution in [1.82, 2.24) is 5.32 Å². The summed E-state index contributed by atoms with van der Waals surface area (Å²) in [4.78, 5) is 0. The van der Waals surface area contributed by atoms with Gasteiger partial charge in [-0.05, 0) is 30.9 Å². The Morgan fingerprint density at radius 1 is 1.27 bits per heavy atom. The van der Waals surface area contributed by atoms with Crippen molar-refractivity contribution in [3.05, 3.63) is 0 Å². The van der Waals surface area contributed by atoms with E-state index in [0.717, 1.165) is 12.6 Å². The van der Waals surface area contributed by atoms with Crippen molar-refractivity contribution in [2.24, 2.45) is 5.92 Å². The Balaban J connectivity index is 1.76. The minimum absolute atomic E-state index is 0.477. The summed E-state index contributed by atoms with van der Waals surface area (Å²) in [6.07, 6.45) is 4.24. The lowest BCUT2D eigenvalue weighted by molar-refractivity contribution is -0.0255. The van der Waals surface area contributed by atoms with Crippen LogP contribution in [0.15, 0.2) is 0 Å². The second kappa shape index (κ2) is 5.55. The molecule has 0 saturated carbocycles. The maximum atomic E-state index is 5.79. The molecule has 3 atom stereocenters. The van der Waals surface area contributed by atoms with Gasteiger partial charge in [0.2, 0.25) is 0 Å². The van der Waals surface area contributed by atoms with Crippen LogP contribution in [0.5, 0.6) is 0 Å². The van der Waals surface area contributed by atoms with Gasteiger partial charge in [0.15, 0.2) is 0 Å². The van der Waals surface area contributed by atoms with Crippen molar-refractivity contribution < 1.29 is 4.74 Å². The van der Waals surface area contributed by atoms with Crippen LogP contribution >= 0.6 is 11.8 Å². The zero-order chi connectivity index (χ0) is 10.7. The molecule has 3 heteroatoms. The second-order valence-corrected chi connectivity index (χ2v) is 6.25. The van der Waals surface area contributed by atoms with Crippen molar-refractivity contribution in [1.29, 1.82) is 0 Å². The fourth-order valence-corrected chi connectivity index (χ4v) is 3.61. The maximum absolute atomic E-state index is 5.79. The molecule has 2 aliphatic heterocycles. The third kappa shape index (κ3) is 3.36. The van der Waals surface area contributed by atoms with E-state index in [2.05, 4.69) is 30.9 Å². The van der Waals surface area contributed by atoms with Gasteiger partial charge in [0, 0.05) is 24.4 Å². The number of thioether (sulfide) groups is 1. The minimum atomic E-state index is 0.477. The molecule has 2 rings (SSSR count). The van der Waals surface area contributed by atoms with E-state index in [1.54, 1.807) is 0 Å². The molecule has 0 aliphatic carbocycles. The van der Waals surface area contributed by atoms with Crippen molar-refractivity contribution in [2.75, 3.05) is 18.1 Å². The highest BCUT2D eigenvalue weighted by molar-refractivity contribution is 7.99. The number of ether oxygens (including phenoxy) is 1. The average molecular weight is 229 g/mol. The van der Waals surface area contributed by atoms with Crippen LogP contribution in [0.1, 0.15) is 33.1 Å². The van der Waals surface area contributed by atoms with E-state index < -0.39 is 0 Å². The lowest BCUT2D eigenvalue weighted by Crippen LogP contribution is -2.45. The molecule has 2 heterocycles. The molecule has 0 aromatic rings. The lowest BCUT2D eigenvalue weighted by atomic mass is 9.95. The molecule has 2 nitrogen and oxygen atoms in total. The van der Waals surface area contributed by atoms with E-state index in [9.17, 15) is 0 Å². The average Bonchev–Trinajstić information content (AvgIpc) is 2.71. The Morgan fingerprint density at radius 3 is 2.80 bits per heavy atom. The Morgan fingerprint density at radius 2 is 2.13 bits per heavy atom. The van der Waals surface area contributed by atoms with Gasteiger partial charge in [-0.1, -0.05) is 13.8 Å². The van der Waals surface area contributed by atoms with E-state index in [-0.39, 0.29) is 0 Å². The van der Waals surface area contributed by atoms with Crippen LogP contribution in [-0.2, 0) is 4.74 Å². The molecule has 2 aliphatic rings. The van der Waals surface area contributed by atoms with Gasteiger partial charge in [0.1, 0.15) is 0 Å². The van der Waals surface area contributed by atoms with Crippen molar-refractivity contribution >= 4 is 11.8 Å². The predicted octanol–water partition coefficient (Wildman–Crippen LogP) is 2.29. The van der Waals surface area contributed by atoms with Gasteiger partial charge in [-0.15, -0.1) is 0 Å². The molecular formula is C12H23NOS. The highest BCUT2D eigenvalue weighted by Crippen LogP contribution is 2.23. The number of hydrogen-bond donors (Lipinski definition) is 1. The molecule has 2 fully saturated rings. The summed E-state index contributed by atoms with van der Waals surface area (Å²) in [7, 11) is 0. The zero-order valence-electron chi connectivity index (χ0n) is 9.87. The van der Waals surface area contributed by atoms with E-state index in [0.29, 0.717) is 18.1 Å². The fraction of sp³-hybridized carbons (Fsp3) is 1.00. The summed E-state index contributed by atoms with van der Waals surface area (Å²) in [6, 6.07) is 1.47. The third-order valence-electron chi connectivity index (χ3n) is 3.46. The molecule has 0 spiro atoms. The van der Waals surface area contributed by atoms with Crippen molar-refractivity contribution in [3.8, 4) is 0 Å². The van der Waals surface area contributed by atoms with Crippen molar-refractivity contribution in [3.63, 3.8) is 0 Å². The Bertz CT molecular complexity index is 190. The van der Waals surface area contributed by atoms with E-state index in [1.807, 2.05) is 0 Å². The molecule has 0 radical (unpaired) electrons. The summed E-state index contributed by atoms with van der Waals surface area (Å²) < 4.78 is 5.79. The summed E-state index contributed by atoms with van der Waals surface area (Å²) in [5, 5.41) is 3.80. The van der Waals surface area contributed by atoms with Crippen LogP contribution in [0.2, 0.25) is 0 Å². The van der Waals surface area contributed by atoms with Crippen LogP contribution in [0, 0.1) is 5.92 Å². The second-order valence-electron chi connectivity index (χ2n) is 5.10. The van der Waals surface area contributed by atoms with Gasteiger partial charge in [-0.2, -0.15) is 11.8 Å². The first kappa shape index (κ1) is 11.7. The van der Waals surface area contributed by atoms with Gasteiger partial charge in [-0.3, -0.25) is 0 Å². The number of rotatable bonds is 3. The topological polar surface area (TPSA) is 21.3 Å². The molecule has 0 aromatic heterocycles. The fourth-order valence-electron chi connectivity index (χ4n) is 2.44. The summed E-state index contributed by atoms with van der Waals surface area (Å²) in [5.41, 5.74) is 0. The van der Waals surface area contributed by atoms with Crippen LogP contribution in [0.4, 0.5) is 0 Å². The number of nitrogens with one attached hydrogen (secondary N) is 1. The SMILES string of the molecule is CC(C)C1CC(NC2CCSC2)CCO1. The molecule has 88 valence electrons. The smallest absolute Gasteiger partial charge is 0.0612 e. The Hall–Kier alpha value is 0.270. The van der Waals surface area contributed by atoms with E-state index >= 15 is 0 Å². The monoisotopic (exact) mass is 229 g/mol. The quantitative estimate of drug-likeness (QED) is 0.802. The van der Waals surface area contributed by atoms with E-state index in [4.69, 9.17) is 4.74 Å². The van der Waals surface area contributed by atoms with Crippen LogP contribution in [0.25, 0.3) is 0 Å². The maximum Gasteiger partial charge on any atom is 0.0612 e. The first-order valence-corrected chi connectivity index (χ1v) is 7.36. The predicted molar refractivity (Wildman–Crippen MR) is 66.5 cm³/mol. The molecule has 0 bridgehead atoms.